The summed E-state index contributed by atoms with van der Waals surface area (Å²) in [5.74, 6) is -1.14. The van der Waals surface area contributed by atoms with Crippen LogP contribution >= 0.6 is 23.2 Å². The van der Waals surface area contributed by atoms with E-state index in [2.05, 4.69) is 20.9 Å². The molecule has 7 nitrogen and oxygen atoms in total. The van der Waals surface area contributed by atoms with Crippen LogP contribution in [0, 0.1) is 0 Å². The van der Waals surface area contributed by atoms with E-state index in [-0.39, 0.29) is 5.56 Å². The zero-order chi connectivity index (χ0) is 30.9. The van der Waals surface area contributed by atoms with Gasteiger partial charge < -0.3 is 5.32 Å². The standard InChI is InChI=1S/C22H16Cl2F9N5O2S/c1-34-18(37-40-9-10-3-5-11(6-4-10)20(25,26)27)15-17(41(39)22(31,32)33)19(35-2)38(36-15)16-13(23)7-12(8-14(16)24)21(28,29)30/h3-8,35H,9H2,1-2H3,(H,34,37). The van der Waals surface area contributed by atoms with Crippen LogP contribution < -0.4 is 10.8 Å². The highest BCUT2D eigenvalue weighted by Crippen LogP contribution is 2.41. The smallest absolute Gasteiger partial charge is 0.372 e. The van der Waals surface area contributed by atoms with Crippen molar-refractivity contribution < 1.29 is 48.6 Å². The van der Waals surface area contributed by atoms with Crippen molar-refractivity contribution in [1.29, 1.82) is 0 Å². The van der Waals surface area contributed by atoms with Crippen LogP contribution in [0.5, 0.6) is 0 Å². The molecule has 0 aliphatic rings. The second kappa shape index (κ2) is 12.1. The average Bonchev–Trinajstić information content (AvgIpc) is 3.22. The van der Waals surface area contributed by atoms with Crippen molar-refractivity contribution in [3.8, 4) is 5.69 Å². The number of nitrogens with one attached hydrogen (secondary N) is 2. The summed E-state index contributed by atoms with van der Waals surface area (Å²) < 4.78 is 132. The number of rotatable bonds is 7. The highest BCUT2D eigenvalue weighted by atomic mass is 35.5. The number of halogens is 11. The van der Waals surface area contributed by atoms with Crippen molar-refractivity contribution >= 4 is 45.7 Å². The first-order valence-electron chi connectivity index (χ1n) is 10.8. The fourth-order valence-electron chi connectivity index (χ4n) is 3.34. The third kappa shape index (κ3) is 7.25. The van der Waals surface area contributed by atoms with Crippen LogP contribution in [0.1, 0.15) is 22.4 Å². The SMILES string of the molecule is CN=C(NOCc1ccc(C(F)(F)F)cc1)c1nn(-c2c(Cl)cc(C(F)(F)F)cc2Cl)c(NC)c1S(=O)C(F)(F)F. The van der Waals surface area contributed by atoms with E-state index < -0.39 is 84.4 Å². The molecule has 0 aliphatic carbocycles. The minimum absolute atomic E-state index is 0.227. The summed E-state index contributed by atoms with van der Waals surface area (Å²) in [5.41, 5.74) is -6.26. The van der Waals surface area contributed by atoms with E-state index in [0.29, 0.717) is 16.8 Å². The second-order valence-corrected chi connectivity index (χ2v) is 10.1. The lowest BCUT2D eigenvalue weighted by Gasteiger charge is -2.15. The molecule has 1 heterocycles. The van der Waals surface area contributed by atoms with Gasteiger partial charge in [-0.2, -0.15) is 44.6 Å². The highest BCUT2D eigenvalue weighted by molar-refractivity contribution is 7.86. The summed E-state index contributed by atoms with van der Waals surface area (Å²) in [4.78, 5) is 7.92. The molecule has 0 amide bonds. The minimum Gasteiger partial charge on any atom is -0.372 e. The summed E-state index contributed by atoms with van der Waals surface area (Å²) in [5, 5.41) is 5.01. The van der Waals surface area contributed by atoms with Gasteiger partial charge in [0.1, 0.15) is 22.1 Å². The Balaban J connectivity index is 2.06. The van der Waals surface area contributed by atoms with Crippen LogP contribution in [-0.4, -0.2) is 39.4 Å². The number of hydroxylamine groups is 1. The van der Waals surface area contributed by atoms with Gasteiger partial charge in [-0.15, -0.1) is 0 Å². The fraction of sp³-hybridized carbons (Fsp3) is 0.273. The predicted octanol–water partition coefficient (Wildman–Crippen LogP) is 6.98. The lowest BCUT2D eigenvalue weighted by molar-refractivity contribution is -0.138. The molecule has 19 heteroatoms. The topological polar surface area (TPSA) is 80.5 Å². The molecule has 0 saturated carbocycles. The van der Waals surface area contributed by atoms with Gasteiger partial charge in [0, 0.05) is 14.1 Å². The number of amidine groups is 1. The molecule has 224 valence electrons. The molecular weight excluding hydrogens is 640 g/mol. The molecule has 0 bridgehead atoms. The number of aliphatic imine (C=N–C) groups is 1. The van der Waals surface area contributed by atoms with Crippen LogP contribution in [0.2, 0.25) is 10.0 Å². The van der Waals surface area contributed by atoms with Crippen LogP contribution in [0.4, 0.5) is 45.3 Å². The molecule has 0 radical (unpaired) electrons. The first-order valence-corrected chi connectivity index (χ1v) is 12.7. The number of benzene rings is 2. The Labute approximate surface area is 237 Å². The van der Waals surface area contributed by atoms with E-state index in [0.717, 1.165) is 38.4 Å². The number of anilines is 1. The Morgan fingerprint density at radius 3 is 1.95 bits per heavy atom. The largest absolute Gasteiger partial charge is 0.476 e. The van der Waals surface area contributed by atoms with Gasteiger partial charge in [-0.1, -0.05) is 35.3 Å². The number of nitrogens with zero attached hydrogens (tertiary/aromatic N) is 3. The van der Waals surface area contributed by atoms with E-state index in [4.69, 9.17) is 28.0 Å². The maximum atomic E-state index is 13.6. The zero-order valence-corrected chi connectivity index (χ0v) is 22.7. The van der Waals surface area contributed by atoms with Crippen molar-refractivity contribution in [1.82, 2.24) is 15.3 Å². The van der Waals surface area contributed by atoms with Crippen molar-refractivity contribution in [2.24, 2.45) is 4.99 Å². The van der Waals surface area contributed by atoms with E-state index in [9.17, 15) is 43.7 Å². The van der Waals surface area contributed by atoms with E-state index in [1.165, 1.54) is 0 Å². The second-order valence-electron chi connectivity index (χ2n) is 7.85. The summed E-state index contributed by atoms with van der Waals surface area (Å²) >= 11 is 12.1. The van der Waals surface area contributed by atoms with Gasteiger partial charge in [-0.05, 0) is 29.8 Å². The molecule has 2 N–H and O–H groups in total. The lowest BCUT2D eigenvalue weighted by atomic mass is 10.1. The Morgan fingerprint density at radius 1 is 0.976 bits per heavy atom. The quantitative estimate of drug-likeness (QED) is 0.124. The van der Waals surface area contributed by atoms with E-state index >= 15 is 0 Å². The summed E-state index contributed by atoms with van der Waals surface area (Å²) in [6, 6.07) is 4.72. The van der Waals surface area contributed by atoms with Crippen LogP contribution in [0.25, 0.3) is 5.69 Å². The molecule has 3 aromatic rings. The third-order valence-corrected chi connectivity index (χ3v) is 6.92. The van der Waals surface area contributed by atoms with E-state index in [1.807, 2.05) is 0 Å². The van der Waals surface area contributed by atoms with Crippen LogP contribution in [0.15, 0.2) is 46.3 Å². The third-order valence-electron chi connectivity index (χ3n) is 5.17. The average molecular weight is 656 g/mol. The first kappa shape index (κ1) is 32.5. The van der Waals surface area contributed by atoms with Crippen molar-refractivity contribution in [3.63, 3.8) is 0 Å². The predicted molar refractivity (Wildman–Crippen MR) is 132 cm³/mol. The van der Waals surface area contributed by atoms with Gasteiger partial charge in [-0.25, -0.2) is 14.4 Å². The summed E-state index contributed by atoms with van der Waals surface area (Å²) in [6.07, 6.45) is -9.43. The number of aromatic nitrogens is 2. The number of hydrogen-bond acceptors (Lipinski definition) is 5. The Bertz CT molecular complexity index is 1450. The molecule has 0 aliphatic heterocycles. The normalized spacial score (nSPS) is 13.8. The Kier molecular flexibility index (Phi) is 9.57. The fourth-order valence-corrected chi connectivity index (χ4v) is 4.90. The van der Waals surface area contributed by atoms with Gasteiger partial charge in [-0.3, -0.25) is 9.83 Å². The zero-order valence-electron chi connectivity index (χ0n) is 20.4. The molecule has 0 fully saturated rings. The Morgan fingerprint density at radius 2 is 1.51 bits per heavy atom. The van der Waals surface area contributed by atoms with Gasteiger partial charge in [0.05, 0.1) is 27.8 Å². The minimum atomic E-state index is -5.33. The maximum absolute atomic E-state index is 13.6. The number of hydrogen-bond donors (Lipinski definition) is 2. The van der Waals surface area contributed by atoms with E-state index in [1.54, 1.807) is 0 Å². The molecule has 2 aromatic carbocycles. The highest BCUT2D eigenvalue weighted by Gasteiger charge is 2.44. The molecule has 41 heavy (non-hydrogen) atoms. The summed E-state index contributed by atoms with van der Waals surface area (Å²) in [6.45, 7) is -0.398. The number of alkyl halides is 9. The van der Waals surface area contributed by atoms with Gasteiger partial charge in [0.15, 0.2) is 16.6 Å². The Hall–Kier alpha value is -3.02. The molecule has 3 rings (SSSR count). The maximum Gasteiger partial charge on any atom is 0.476 e. The molecule has 1 unspecified atom stereocenters. The first-order chi connectivity index (χ1) is 18.9. The molecular formula is C22H16Cl2F9N5O2S. The van der Waals surface area contributed by atoms with Crippen molar-refractivity contribution in [2.45, 2.75) is 29.4 Å². The molecule has 1 aromatic heterocycles. The van der Waals surface area contributed by atoms with Crippen molar-refractivity contribution in [2.75, 3.05) is 19.4 Å². The van der Waals surface area contributed by atoms with Gasteiger partial charge in [0.2, 0.25) is 0 Å². The summed E-state index contributed by atoms with van der Waals surface area (Å²) in [7, 11) is -1.56. The van der Waals surface area contributed by atoms with Gasteiger partial charge in [0.25, 0.3) is 0 Å². The van der Waals surface area contributed by atoms with Crippen LogP contribution in [-0.2, 0) is 34.6 Å². The van der Waals surface area contributed by atoms with Gasteiger partial charge >= 0.3 is 17.9 Å². The van der Waals surface area contributed by atoms with Crippen molar-refractivity contribution in [3.05, 3.63) is 68.8 Å². The molecule has 1 atom stereocenters. The molecule has 0 spiro atoms. The lowest BCUT2D eigenvalue weighted by Crippen LogP contribution is -2.28. The molecule has 0 saturated heterocycles. The monoisotopic (exact) mass is 655 g/mol. The van der Waals surface area contributed by atoms with Crippen LogP contribution in [0.3, 0.4) is 0 Å².